The average molecular weight is 260 g/mol. The molecule has 0 saturated carbocycles. The second kappa shape index (κ2) is 11.5. The average Bonchev–Trinajstić information content (AvgIpc) is 2.23. The van der Waals surface area contributed by atoms with Gasteiger partial charge in [-0.3, -0.25) is 4.52 Å². The molecule has 5 N–H and O–H groups in total. The van der Waals surface area contributed by atoms with E-state index in [2.05, 4.69) is 4.52 Å². The minimum atomic E-state index is -4.21. The Morgan fingerprint density at radius 3 is 1.94 bits per heavy atom. The zero-order valence-electron chi connectivity index (χ0n) is 9.32. The lowest BCUT2D eigenvalue weighted by Gasteiger charge is -2.02. The molecule has 0 atom stereocenters. The van der Waals surface area contributed by atoms with Crippen molar-refractivity contribution in [2.45, 2.75) is 32.3 Å². The normalized spacial score (nSPS) is 11.2. The standard InChI is InChI=1S/C5H13O4P.C3H8O3/c1-2-3-4-5-9-10(6,7)8;4-1-3(6)2-5/h2-5H2,1H3,(H2,6,7,8);3-6H,1-2H2. The van der Waals surface area contributed by atoms with Gasteiger partial charge in [0.05, 0.1) is 19.8 Å². The van der Waals surface area contributed by atoms with Crippen LogP contribution in [0, 0.1) is 0 Å². The molecule has 8 heteroatoms. The molecular formula is C8H21O7P. The van der Waals surface area contributed by atoms with E-state index in [0.29, 0.717) is 6.42 Å². The molecule has 0 aliphatic carbocycles. The monoisotopic (exact) mass is 260 g/mol. The molecule has 0 aliphatic rings. The summed E-state index contributed by atoms with van der Waals surface area (Å²) in [6.07, 6.45) is 1.72. The maximum atomic E-state index is 10.1. The first kappa shape index (κ1) is 18.4. The summed E-state index contributed by atoms with van der Waals surface area (Å²) in [6, 6.07) is 0. The van der Waals surface area contributed by atoms with E-state index >= 15 is 0 Å². The highest BCUT2D eigenvalue weighted by atomic mass is 31.2. The van der Waals surface area contributed by atoms with Gasteiger partial charge in [0, 0.05) is 0 Å². The van der Waals surface area contributed by atoms with Gasteiger partial charge in [0.2, 0.25) is 0 Å². The van der Waals surface area contributed by atoms with Gasteiger partial charge in [0.25, 0.3) is 0 Å². The molecule has 100 valence electrons. The quantitative estimate of drug-likeness (QED) is 0.312. The third kappa shape index (κ3) is 19.5. The van der Waals surface area contributed by atoms with E-state index in [4.69, 9.17) is 25.1 Å². The Morgan fingerprint density at radius 1 is 1.19 bits per heavy atom. The molecule has 0 bridgehead atoms. The fourth-order valence-corrected chi connectivity index (χ4v) is 0.960. The van der Waals surface area contributed by atoms with Crippen LogP contribution in [0.15, 0.2) is 0 Å². The van der Waals surface area contributed by atoms with E-state index in [0.717, 1.165) is 12.8 Å². The summed E-state index contributed by atoms with van der Waals surface area (Å²) < 4.78 is 14.3. The molecule has 0 saturated heterocycles. The van der Waals surface area contributed by atoms with Crippen molar-refractivity contribution in [2.75, 3.05) is 19.8 Å². The van der Waals surface area contributed by atoms with Crippen molar-refractivity contribution in [3.63, 3.8) is 0 Å². The third-order valence-electron chi connectivity index (χ3n) is 1.43. The van der Waals surface area contributed by atoms with Crippen LogP contribution in [0.1, 0.15) is 26.2 Å². The second-order valence-electron chi connectivity index (χ2n) is 3.05. The number of aliphatic hydroxyl groups excluding tert-OH is 3. The van der Waals surface area contributed by atoms with Gasteiger partial charge in [0.1, 0.15) is 6.10 Å². The molecular weight excluding hydrogens is 239 g/mol. The Kier molecular flexibility index (Phi) is 13.2. The van der Waals surface area contributed by atoms with Crippen molar-refractivity contribution in [3.8, 4) is 0 Å². The van der Waals surface area contributed by atoms with Crippen molar-refractivity contribution in [1.29, 1.82) is 0 Å². The van der Waals surface area contributed by atoms with E-state index < -0.39 is 13.9 Å². The van der Waals surface area contributed by atoms with Gasteiger partial charge in [-0.15, -0.1) is 0 Å². The number of rotatable bonds is 7. The minimum absolute atomic E-state index is 0.151. The Bertz CT molecular complexity index is 177. The SMILES string of the molecule is CCCCCOP(=O)(O)O.OCC(O)CO. The fraction of sp³-hybridized carbons (Fsp3) is 1.00. The van der Waals surface area contributed by atoms with Gasteiger partial charge in [-0.1, -0.05) is 19.8 Å². The lowest BCUT2D eigenvalue weighted by Crippen LogP contribution is -2.15. The highest BCUT2D eigenvalue weighted by Crippen LogP contribution is 2.35. The Balaban J connectivity index is 0. The number of hydrogen-bond acceptors (Lipinski definition) is 5. The van der Waals surface area contributed by atoms with Gasteiger partial charge in [-0.2, -0.15) is 0 Å². The van der Waals surface area contributed by atoms with E-state index in [1.807, 2.05) is 6.92 Å². The van der Waals surface area contributed by atoms with Crippen LogP contribution in [0.2, 0.25) is 0 Å². The van der Waals surface area contributed by atoms with Crippen LogP contribution in [0.5, 0.6) is 0 Å². The first-order valence-electron chi connectivity index (χ1n) is 4.97. The summed E-state index contributed by atoms with van der Waals surface area (Å²) in [6.45, 7) is 1.43. The van der Waals surface area contributed by atoms with Gasteiger partial charge in [0.15, 0.2) is 0 Å². The summed E-state index contributed by atoms with van der Waals surface area (Å²) in [5, 5.41) is 24.0. The van der Waals surface area contributed by atoms with E-state index in [1.165, 1.54) is 0 Å². The van der Waals surface area contributed by atoms with Gasteiger partial charge in [-0.05, 0) is 6.42 Å². The Labute approximate surface area is 94.9 Å². The molecule has 0 aromatic carbocycles. The van der Waals surface area contributed by atoms with Crippen LogP contribution in [-0.2, 0) is 9.09 Å². The molecule has 16 heavy (non-hydrogen) atoms. The molecule has 0 fully saturated rings. The molecule has 7 nitrogen and oxygen atoms in total. The first-order valence-corrected chi connectivity index (χ1v) is 6.50. The zero-order chi connectivity index (χ0) is 13.0. The van der Waals surface area contributed by atoms with Gasteiger partial charge in [-0.25, -0.2) is 4.57 Å². The fourth-order valence-electron chi connectivity index (χ4n) is 0.593. The lowest BCUT2D eigenvalue weighted by atomic mass is 10.3. The van der Waals surface area contributed by atoms with Crippen molar-refractivity contribution in [1.82, 2.24) is 0 Å². The van der Waals surface area contributed by atoms with Crippen LogP contribution in [0.4, 0.5) is 0 Å². The van der Waals surface area contributed by atoms with Crippen molar-refractivity contribution in [3.05, 3.63) is 0 Å². The Morgan fingerprint density at radius 2 is 1.69 bits per heavy atom. The van der Waals surface area contributed by atoms with Crippen molar-refractivity contribution >= 4 is 7.82 Å². The zero-order valence-corrected chi connectivity index (χ0v) is 10.2. The first-order chi connectivity index (χ1) is 7.37. The molecule has 0 aromatic heterocycles. The minimum Gasteiger partial charge on any atom is -0.394 e. The number of hydrogen-bond donors (Lipinski definition) is 5. The molecule has 0 radical (unpaired) electrons. The molecule has 0 heterocycles. The van der Waals surface area contributed by atoms with Crippen molar-refractivity contribution in [2.24, 2.45) is 0 Å². The van der Waals surface area contributed by atoms with Crippen molar-refractivity contribution < 1.29 is 34.2 Å². The summed E-state index contributed by atoms with van der Waals surface area (Å²) in [5.41, 5.74) is 0. The maximum Gasteiger partial charge on any atom is 0.469 e. The topological polar surface area (TPSA) is 127 Å². The summed E-state index contributed by atoms with van der Waals surface area (Å²) in [4.78, 5) is 16.4. The number of unbranched alkanes of at least 4 members (excludes halogenated alkanes) is 2. The summed E-state index contributed by atoms with van der Waals surface area (Å²) >= 11 is 0. The molecule has 0 spiro atoms. The van der Waals surface area contributed by atoms with E-state index in [-0.39, 0.29) is 19.8 Å². The maximum absolute atomic E-state index is 10.1. The van der Waals surface area contributed by atoms with Crippen LogP contribution in [0.3, 0.4) is 0 Å². The largest absolute Gasteiger partial charge is 0.469 e. The molecule has 0 rings (SSSR count). The van der Waals surface area contributed by atoms with E-state index in [1.54, 1.807) is 0 Å². The molecule has 0 unspecified atom stereocenters. The van der Waals surface area contributed by atoms with Crippen LogP contribution >= 0.6 is 7.82 Å². The van der Waals surface area contributed by atoms with Crippen LogP contribution in [-0.4, -0.2) is 51.0 Å². The smallest absolute Gasteiger partial charge is 0.394 e. The lowest BCUT2D eigenvalue weighted by molar-refractivity contribution is 0.0450. The predicted molar refractivity (Wildman–Crippen MR) is 57.7 cm³/mol. The molecule has 0 aliphatic heterocycles. The predicted octanol–water partition coefficient (Wildman–Crippen LogP) is -0.382. The molecule has 0 aromatic rings. The van der Waals surface area contributed by atoms with Gasteiger partial charge >= 0.3 is 7.82 Å². The summed E-state index contributed by atoms with van der Waals surface area (Å²) in [7, 11) is -4.21. The van der Waals surface area contributed by atoms with Crippen LogP contribution in [0.25, 0.3) is 0 Å². The highest BCUT2D eigenvalue weighted by Gasteiger charge is 2.11. The highest BCUT2D eigenvalue weighted by molar-refractivity contribution is 7.46. The number of phosphoric acid groups is 1. The number of aliphatic hydroxyl groups is 3. The Hall–Kier alpha value is -0.0100. The number of phosphoric ester groups is 1. The van der Waals surface area contributed by atoms with Gasteiger partial charge < -0.3 is 25.1 Å². The van der Waals surface area contributed by atoms with E-state index in [9.17, 15) is 4.57 Å². The third-order valence-corrected chi connectivity index (χ3v) is 1.95. The summed E-state index contributed by atoms with van der Waals surface area (Å²) in [5.74, 6) is 0. The molecule has 0 amide bonds. The van der Waals surface area contributed by atoms with Crippen LogP contribution < -0.4 is 0 Å². The second-order valence-corrected chi connectivity index (χ2v) is 4.29.